The lowest BCUT2D eigenvalue weighted by atomic mass is 9.86. The molecular formula is C16H20N2O4S. The van der Waals surface area contributed by atoms with Crippen LogP contribution in [0.25, 0.3) is 0 Å². The molecule has 0 saturated carbocycles. The predicted molar refractivity (Wildman–Crippen MR) is 86.3 cm³/mol. The second-order valence-electron chi connectivity index (χ2n) is 6.48. The van der Waals surface area contributed by atoms with Gasteiger partial charge in [-0.1, -0.05) is 30.3 Å². The van der Waals surface area contributed by atoms with Crippen LogP contribution < -0.4 is 5.73 Å². The second-order valence-corrected chi connectivity index (χ2v) is 8.21. The molecule has 3 N–H and O–H groups in total. The highest BCUT2D eigenvalue weighted by atomic mass is 32.2. The minimum Gasteiger partial charge on any atom is -0.459 e. The second kappa shape index (κ2) is 5.51. The molecule has 124 valence electrons. The van der Waals surface area contributed by atoms with Crippen LogP contribution >= 0.6 is 11.8 Å². The van der Waals surface area contributed by atoms with Crippen molar-refractivity contribution in [2.75, 3.05) is 6.61 Å². The Morgan fingerprint density at radius 2 is 2.04 bits per heavy atom. The molecule has 2 saturated heterocycles. The fraction of sp³-hybridized carbons (Fsp3) is 0.500. The summed E-state index contributed by atoms with van der Waals surface area (Å²) < 4.78 is 4.88. The highest BCUT2D eigenvalue weighted by Crippen LogP contribution is 2.54. The molecule has 1 unspecified atom stereocenters. The number of carbonyl (C=O) groups is 2. The summed E-state index contributed by atoms with van der Waals surface area (Å²) in [5.74, 6) is -0.841. The fourth-order valence-electron chi connectivity index (χ4n) is 3.09. The third-order valence-corrected chi connectivity index (χ3v) is 6.09. The first-order valence-electron chi connectivity index (χ1n) is 7.42. The summed E-state index contributed by atoms with van der Waals surface area (Å²) in [4.78, 5) is 26.3. The molecule has 0 aromatic heterocycles. The number of esters is 1. The van der Waals surface area contributed by atoms with Gasteiger partial charge in [-0.05, 0) is 19.4 Å². The van der Waals surface area contributed by atoms with E-state index < -0.39 is 40.2 Å². The smallest absolute Gasteiger partial charge is 0.330 e. The number of aliphatic hydroxyl groups excluding tert-OH is 1. The van der Waals surface area contributed by atoms with E-state index in [-0.39, 0.29) is 6.61 Å². The van der Waals surface area contributed by atoms with Gasteiger partial charge >= 0.3 is 5.97 Å². The van der Waals surface area contributed by atoms with Gasteiger partial charge in [0.15, 0.2) is 0 Å². The van der Waals surface area contributed by atoms with E-state index in [2.05, 4.69) is 0 Å². The Balaban J connectivity index is 1.74. The molecule has 3 rings (SSSR count). The van der Waals surface area contributed by atoms with E-state index in [0.717, 1.165) is 5.56 Å². The van der Waals surface area contributed by atoms with Crippen molar-refractivity contribution in [3.63, 3.8) is 0 Å². The fourth-order valence-corrected chi connectivity index (χ4v) is 4.72. The zero-order chi connectivity index (χ0) is 16.8. The molecule has 1 aromatic rings. The van der Waals surface area contributed by atoms with Crippen LogP contribution in [-0.2, 0) is 20.9 Å². The number of benzene rings is 1. The summed E-state index contributed by atoms with van der Waals surface area (Å²) >= 11 is 1.43. The van der Waals surface area contributed by atoms with E-state index in [0.29, 0.717) is 0 Å². The van der Waals surface area contributed by atoms with Gasteiger partial charge in [0, 0.05) is 4.75 Å². The first-order valence-corrected chi connectivity index (χ1v) is 8.30. The molecule has 2 aliphatic rings. The molecule has 2 fully saturated rings. The molecule has 2 heterocycles. The first-order chi connectivity index (χ1) is 10.8. The number of nitrogens with zero attached hydrogens (tertiary/aromatic N) is 1. The van der Waals surface area contributed by atoms with E-state index in [1.54, 1.807) is 0 Å². The summed E-state index contributed by atoms with van der Waals surface area (Å²) in [7, 11) is 0. The topological polar surface area (TPSA) is 92.9 Å². The summed E-state index contributed by atoms with van der Waals surface area (Å²) in [5.41, 5.74) is 5.56. The molecule has 2 aliphatic heterocycles. The van der Waals surface area contributed by atoms with Gasteiger partial charge in [-0.15, -0.1) is 11.8 Å². The SMILES string of the molecule is CC1(C)S[C@H]2N(C(=O)C2(N)CO)[C@H]1C(=O)OCc1ccccc1. The Kier molecular flexibility index (Phi) is 3.90. The van der Waals surface area contributed by atoms with E-state index in [1.165, 1.54) is 16.7 Å². The highest BCUT2D eigenvalue weighted by molar-refractivity contribution is 8.01. The first kappa shape index (κ1) is 16.3. The van der Waals surface area contributed by atoms with Gasteiger partial charge in [-0.25, -0.2) is 4.79 Å². The lowest BCUT2D eigenvalue weighted by Crippen LogP contribution is -2.79. The third-order valence-electron chi connectivity index (χ3n) is 4.39. The monoisotopic (exact) mass is 336 g/mol. The van der Waals surface area contributed by atoms with Gasteiger partial charge in [0.05, 0.1) is 6.61 Å². The molecule has 3 atom stereocenters. The highest BCUT2D eigenvalue weighted by Gasteiger charge is 2.70. The molecule has 0 radical (unpaired) electrons. The Hall–Kier alpha value is -1.57. The zero-order valence-electron chi connectivity index (χ0n) is 13.1. The van der Waals surface area contributed by atoms with Crippen molar-refractivity contribution in [1.29, 1.82) is 0 Å². The quantitative estimate of drug-likeness (QED) is 0.614. The maximum atomic E-state index is 12.5. The number of ether oxygens (including phenoxy) is 1. The number of rotatable bonds is 4. The number of fused-ring (bicyclic) bond motifs is 1. The number of β-lactam (4-membered cyclic amide) rings is 1. The summed E-state index contributed by atoms with van der Waals surface area (Å²) in [6.45, 7) is 3.50. The van der Waals surface area contributed by atoms with E-state index in [1.807, 2.05) is 44.2 Å². The van der Waals surface area contributed by atoms with Gasteiger partial charge in [-0.3, -0.25) is 4.79 Å². The number of carbonyl (C=O) groups excluding carboxylic acids is 2. The van der Waals surface area contributed by atoms with Crippen molar-refractivity contribution in [1.82, 2.24) is 4.90 Å². The number of hydrogen-bond acceptors (Lipinski definition) is 6. The maximum Gasteiger partial charge on any atom is 0.330 e. The molecule has 6 nitrogen and oxygen atoms in total. The predicted octanol–water partition coefficient (Wildman–Crippen LogP) is 0.482. The van der Waals surface area contributed by atoms with Gasteiger partial charge in [0.2, 0.25) is 5.91 Å². The normalized spacial score (nSPS) is 31.5. The van der Waals surface area contributed by atoms with Crippen LogP contribution in [0.3, 0.4) is 0 Å². The van der Waals surface area contributed by atoms with Gasteiger partial charge in [0.1, 0.15) is 23.6 Å². The van der Waals surface area contributed by atoms with E-state index >= 15 is 0 Å². The van der Waals surface area contributed by atoms with Crippen LogP contribution in [0.5, 0.6) is 0 Å². The van der Waals surface area contributed by atoms with Crippen LogP contribution in [0.2, 0.25) is 0 Å². The third kappa shape index (κ3) is 2.43. The molecule has 1 aromatic carbocycles. The molecule has 0 aliphatic carbocycles. The van der Waals surface area contributed by atoms with Crippen molar-refractivity contribution in [3.05, 3.63) is 35.9 Å². The number of amides is 1. The number of nitrogens with two attached hydrogens (primary N) is 1. The van der Waals surface area contributed by atoms with Gasteiger partial charge in [-0.2, -0.15) is 0 Å². The molecular weight excluding hydrogens is 316 g/mol. The van der Waals surface area contributed by atoms with E-state index in [4.69, 9.17) is 10.5 Å². The number of hydrogen-bond donors (Lipinski definition) is 2. The van der Waals surface area contributed by atoms with Crippen molar-refractivity contribution in [2.45, 2.75) is 42.2 Å². The minimum absolute atomic E-state index is 0.164. The van der Waals surface area contributed by atoms with Gasteiger partial charge in [0.25, 0.3) is 0 Å². The average molecular weight is 336 g/mol. The summed E-state index contributed by atoms with van der Waals surface area (Å²) in [6, 6.07) is 8.68. The van der Waals surface area contributed by atoms with Crippen LogP contribution in [0.1, 0.15) is 19.4 Å². The Bertz CT molecular complexity index is 636. The standard InChI is InChI=1S/C16H20N2O4S/c1-15(2)11(12(20)22-8-10-6-4-3-5-7-10)18-13(21)16(17,9-19)14(18)23-15/h3-7,11,14,19H,8-9,17H2,1-2H3/t11-,14+,16?/m0/s1. The molecule has 0 bridgehead atoms. The number of aliphatic hydroxyl groups is 1. The lowest BCUT2D eigenvalue weighted by molar-refractivity contribution is -0.171. The summed E-state index contributed by atoms with van der Waals surface area (Å²) in [6.07, 6.45) is 0. The largest absolute Gasteiger partial charge is 0.459 e. The average Bonchev–Trinajstić information content (AvgIpc) is 2.82. The Morgan fingerprint density at radius 3 is 2.65 bits per heavy atom. The Labute approximate surface area is 139 Å². The molecule has 23 heavy (non-hydrogen) atoms. The van der Waals surface area contributed by atoms with Crippen molar-refractivity contribution < 1.29 is 19.4 Å². The Morgan fingerprint density at radius 1 is 1.39 bits per heavy atom. The van der Waals surface area contributed by atoms with Crippen molar-refractivity contribution >= 4 is 23.6 Å². The van der Waals surface area contributed by atoms with Crippen molar-refractivity contribution in [3.8, 4) is 0 Å². The van der Waals surface area contributed by atoms with Crippen LogP contribution in [-0.4, -0.2) is 50.2 Å². The zero-order valence-corrected chi connectivity index (χ0v) is 13.9. The summed E-state index contributed by atoms with van der Waals surface area (Å²) in [5, 5.41) is 9.01. The van der Waals surface area contributed by atoms with Crippen LogP contribution in [0.4, 0.5) is 0 Å². The van der Waals surface area contributed by atoms with Crippen LogP contribution in [0, 0.1) is 0 Å². The molecule has 1 amide bonds. The van der Waals surface area contributed by atoms with Crippen LogP contribution in [0.15, 0.2) is 30.3 Å². The van der Waals surface area contributed by atoms with Gasteiger partial charge < -0.3 is 20.5 Å². The van der Waals surface area contributed by atoms with Crippen molar-refractivity contribution in [2.24, 2.45) is 5.73 Å². The molecule has 7 heteroatoms. The maximum absolute atomic E-state index is 12.5. The number of thioether (sulfide) groups is 1. The van der Waals surface area contributed by atoms with E-state index in [9.17, 15) is 14.7 Å². The molecule has 0 spiro atoms. The minimum atomic E-state index is -1.30. The lowest BCUT2D eigenvalue weighted by Gasteiger charge is -2.50.